The van der Waals surface area contributed by atoms with Crippen molar-refractivity contribution in [2.24, 2.45) is 0 Å². The Morgan fingerprint density at radius 2 is 0.534 bits per heavy atom. The zero-order valence-electron chi connectivity index (χ0n) is 80.5. The van der Waals surface area contributed by atoms with Crippen LogP contribution in [0.4, 0.5) is 0 Å². The molecule has 0 aliphatic carbocycles. The van der Waals surface area contributed by atoms with E-state index in [-0.39, 0.29) is 123 Å². The number of ether oxygens (including phenoxy) is 16. The number of carbonyl (C=O) groups excluding carboxylic acids is 10. The molecule has 8 aliphatic heterocycles. The maximum absolute atomic E-state index is 13.2. The molecule has 0 aromatic rings. The first-order valence-electron chi connectivity index (χ1n) is 47.9. The van der Waals surface area contributed by atoms with Gasteiger partial charge in [0.1, 0.15) is 189 Å². The van der Waals surface area contributed by atoms with Crippen LogP contribution in [-0.4, -0.2) is 561 Å². The molecule has 0 aromatic carbocycles. The van der Waals surface area contributed by atoms with Crippen molar-refractivity contribution < 1.29 is 257 Å². The van der Waals surface area contributed by atoms with Crippen LogP contribution in [0.25, 0.3) is 0 Å². The number of Topliss-reactive ketones (excluding diaryl/α,β-unsaturated/α-hetero) is 1. The minimum Gasteiger partial charge on any atom is -0.394 e. The lowest BCUT2D eigenvalue weighted by molar-refractivity contribution is -0.366. The Morgan fingerprint density at radius 3 is 0.877 bits per heavy atom. The number of likely N-dealkylation sites (N-methyl/N-ethyl adjacent to an activating group) is 1. The topological polar surface area (TPSA) is 953 Å². The highest BCUT2D eigenvalue weighted by atomic mass is 16.8. The average Bonchev–Trinajstić information content (AvgIpc) is 0.784. The lowest BCUT2D eigenvalue weighted by atomic mass is 9.96. The number of carbonyl (C=O) groups is 10. The van der Waals surface area contributed by atoms with Crippen molar-refractivity contribution in [3.8, 4) is 0 Å². The van der Waals surface area contributed by atoms with Gasteiger partial charge < -0.3 is 256 Å². The van der Waals surface area contributed by atoms with Crippen LogP contribution in [-0.2, 0) is 124 Å². The second-order valence-electron chi connectivity index (χ2n) is 35.6. The largest absolute Gasteiger partial charge is 0.394 e. The summed E-state index contributed by atoms with van der Waals surface area (Å²) in [6, 6.07) is -2.54. The standard InChI is InChI=1S/C43H74N4O26.C42H73N5O26/c1-3-44-25(52)10-8-20(50)19(47-27(54)6-4-5-24(51)45-11-13-66-40-35(62)32(59)28(55)18(2)69-40)7-9-26(53)46-12-14-67-42-38(65)39(73-43-37(64)34(61)30(57)22(16-49)71-43)31(58)23(72-42)17-68-41-36(63)33(60)29(56)21(15-48)70-41;1-3-43-25(53)13-46-38(65)18(47-24(52)6-4-5-22(50)44-9-11-66-39-33(61)30(58)26(54)17(2)69-39)7-8-23(51)45-10-12-67-41-36(64)37(73-42-35(63)32(60)28(56)20(15-49)71-42)29(57)21(72-41)16-68-40-34(62)31(59)27(55)19(14-48)70-40/h18-19,21-23,28-43,48-49,55-65H,3-17H2,1-2H3,(H,44,52)(H,45,51)(H,46,53)(H,47,54);17-21,26-37,39-42,48-49,54-64H,3-16H2,1-2H3,(H,43,53)(H,44,50)(H,45,51)(H,46,65)(H,47,52)/t18-,19-,21+,22+,23+,28+,29+,30+,31+,32+,33-,34-,35-,36-,37-,38-,39-,40+,41-,42-,43+;17-,18-,19+,20+,21+,26+,27+,28+,29+,30+,31-,32-,33-,34-,35-,36-,37-,39+,40-,41-,42+/m00/s1. The fourth-order valence-electron chi connectivity index (χ4n) is 16.0. The van der Waals surface area contributed by atoms with Gasteiger partial charge in [0.2, 0.25) is 53.2 Å². The van der Waals surface area contributed by atoms with Crippen LogP contribution in [0.1, 0.15) is 105 Å². The van der Waals surface area contributed by atoms with E-state index >= 15 is 0 Å². The van der Waals surface area contributed by atoms with E-state index in [9.17, 15) is 181 Å². The summed E-state index contributed by atoms with van der Waals surface area (Å²) in [6.07, 6.45) is -67.8. The summed E-state index contributed by atoms with van der Waals surface area (Å²) in [5.74, 6) is -5.79. The lowest BCUT2D eigenvalue weighted by Gasteiger charge is -2.46. The van der Waals surface area contributed by atoms with Crippen LogP contribution < -0.4 is 47.9 Å². The Bertz CT molecular complexity index is 3690. The van der Waals surface area contributed by atoms with Gasteiger partial charge in [-0.1, -0.05) is 0 Å². The van der Waals surface area contributed by atoms with Gasteiger partial charge >= 0.3 is 0 Å². The number of aliphatic hydroxyl groups is 26. The van der Waals surface area contributed by atoms with E-state index in [0.29, 0.717) is 6.54 Å². The van der Waals surface area contributed by atoms with Gasteiger partial charge in [-0.15, -0.1) is 0 Å². The monoisotopic (exact) mass is 2130 g/mol. The first-order valence-corrected chi connectivity index (χ1v) is 47.9. The summed E-state index contributed by atoms with van der Waals surface area (Å²) in [5, 5.41) is 290. The van der Waals surface area contributed by atoms with E-state index in [1.165, 1.54) is 13.8 Å². The Labute approximate surface area is 834 Å². The van der Waals surface area contributed by atoms with Crippen molar-refractivity contribution in [2.45, 2.75) is 362 Å². The molecule has 0 unspecified atom stereocenters. The van der Waals surface area contributed by atoms with Crippen LogP contribution in [0, 0.1) is 0 Å². The number of amides is 9. The normalized spacial score (nSPS) is 37.2. The fourth-order valence-corrected chi connectivity index (χ4v) is 16.0. The molecule has 8 saturated heterocycles. The third-order valence-corrected chi connectivity index (χ3v) is 24.6. The molecule has 844 valence electrons. The van der Waals surface area contributed by atoms with E-state index in [2.05, 4.69) is 47.9 Å². The Hall–Kier alpha value is -6.78. The van der Waals surface area contributed by atoms with Crippen LogP contribution in [0.2, 0.25) is 0 Å². The Morgan fingerprint density at radius 1 is 0.260 bits per heavy atom. The summed E-state index contributed by atoms with van der Waals surface area (Å²) < 4.78 is 88.0. The second kappa shape index (κ2) is 63.0. The average molecular weight is 2130 g/mol. The summed E-state index contributed by atoms with van der Waals surface area (Å²) in [5.41, 5.74) is 0. The summed E-state index contributed by atoms with van der Waals surface area (Å²) >= 11 is 0. The van der Waals surface area contributed by atoms with Crippen LogP contribution in [0.5, 0.6) is 0 Å². The molecule has 8 aliphatic rings. The maximum atomic E-state index is 13.2. The zero-order valence-corrected chi connectivity index (χ0v) is 80.5. The molecule has 146 heavy (non-hydrogen) atoms. The van der Waals surface area contributed by atoms with Gasteiger partial charge in [0, 0.05) is 90.6 Å². The van der Waals surface area contributed by atoms with E-state index in [1.54, 1.807) is 13.8 Å². The van der Waals surface area contributed by atoms with Gasteiger partial charge in [-0.2, -0.15) is 0 Å². The maximum Gasteiger partial charge on any atom is 0.243 e. The highest BCUT2D eigenvalue weighted by Gasteiger charge is 2.56. The van der Waals surface area contributed by atoms with E-state index in [4.69, 9.17) is 75.8 Å². The molecule has 0 bridgehead atoms. The molecule has 8 rings (SSSR count). The first kappa shape index (κ1) is 126. The Balaban J connectivity index is 0.000000396. The van der Waals surface area contributed by atoms with Crippen LogP contribution in [0.3, 0.4) is 0 Å². The SMILES string of the molecule is CCNC(=O)CCC(=O)[C@H](CCC(=O)NCCO[C@H]1O[C@H](CO[C@H]2O[C@H](CO)[C@@H](O)[C@H](O)[C@@H]2O)[C@@H](O)[C@H](O[C@H]2O[C@H](CO)[C@@H](O)[C@H](O)[C@@H]2O)[C@@H]1O)NC(=O)CCCC(=O)NCCO[C@@H]1O[C@@H](C)[C@@H](O)[C@@H](O)[C@@H]1O.CCNC(=O)CNC(=O)[C@H](CCC(=O)NCCO[C@H]1O[C@H](CO[C@H]2O[C@H](CO)[C@@H](O)[C@H](O)[C@@H]2O)[C@@H](O)[C@H](O[C@H]2O[C@H](CO)[C@@H](O)[C@H](O)[C@@H]2O)[C@@H]1O)NC(=O)CCCC(=O)NCCO[C@@H]1O[C@@H](C)[C@@H](O)[C@@H](O)[C@@H]1O. The van der Waals surface area contributed by atoms with Crippen molar-refractivity contribution >= 4 is 58.9 Å². The predicted octanol–water partition coefficient (Wildman–Crippen LogP) is -20.3. The second-order valence-corrected chi connectivity index (χ2v) is 35.6. The van der Waals surface area contributed by atoms with Crippen molar-refractivity contribution in [3.05, 3.63) is 0 Å². The predicted molar refractivity (Wildman–Crippen MR) is 473 cm³/mol. The number of hydrogen-bond acceptors (Lipinski definition) is 52. The number of rotatable bonds is 55. The number of hydrogen-bond donors (Lipinski definition) is 35. The molecule has 42 atom stereocenters. The van der Waals surface area contributed by atoms with Crippen LogP contribution in [0.15, 0.2) is 0 Å². The molecule has 0 spiro atoms. The molecule has 0 radical (unpaired) electrons. The van der Waals surface area contributed by atoms with Gasteiger partial charge in [-0.3, -0.25) is 47.9 Å². The number of ketones is 1. The molecule has 0 aromatic heterocycles. The summed E-state index contributed by atoms with van der Waals surface area (Å²) in [4.78, 5) is 127. The third-order valence-electron chi connectivity index (χ3n) is 24.6. The minimum absolute atomic E-state index is 0.0154. The third kappa shape index (κ3) is 37.3. The molecular weight excluding hydrogens is 1980 g/mol. The highest BCUT2D eigenvalue weighted by Crippen LogP contribution is 2.35. The number of nitrogens with one attached hydrogen (secondary N) is 9. The molecule has 8 fully saturated rings. The van der Waals surface area contributed by atoms with Crippen molar-refractivity contribution in [3.63, 3.8) is 0 Å². The molecule has 8 heterocycles. The van der Waals surface area contributed by atoms with Gasteiger partial charge in [0.25, 0.3) is 0 Å². The minimum atomic E-state index is -1.98. The molecule has 61 nitrogen and oxygen atoms in total. The van der Waals surface area contributed by atoms with Crippen molar-refractivity contribution in [1.29, 1.82) is 0 Å². The van der Waals surface area contributed by atoms with Crippen LogP contribution >= 0.6 is 0 Å². The van der Waals surface area contributed by atoms with Gasteiger partial charge in [0.15, 0.2) is 56.1 Å². The smallest absolute Gasteiger partial charge is 0.243 e. The molecule has 35 N–H and O–H groups in total. The quantitative estimate of drug-likeness (QED) is 0.0251. The Kier molecular flexibility index (Phi) is 54.4. The van der Waals surface area contributed by atoms with Crippen molar-refractivity contribution in [1.82, 2.24) is 47.9 Å². The van der Waals surface area contributed by atoms with E-state index in [0.717, 1.165) is 0 Å². The van der Waals surface area contributed by atoms with Gasteiger partial charge in [-0.25, -0.2) is 0 Å². The molecule has 0 saturated carbocycles. The summed E-state index contributed by atoms with van der Waals surface area (Å²) in [6.45, 7) is 0.133. The fraction of sp³-hybridized carbons (Fsp3) is 0.882. The van der Waals surface area contributed by atoms with Crippen molar-refractivity contribution in [2.75, 3.05) is 112 Å². The summed E-state index contributed by atoms with van der Waals surface area (Å²) in [7, 11) is 0. The number of aliphatic hydroxyl groups excluding tert-OH is 26. The molecule has 61 heteroatoms. The molecular formula is C85H147N9O52. The van der Waals surface area contributed by atoms with E-state index < -0.39 is 376 Å². The zero-order chi connectivity index (χ0) is 108. The molecule has 9 amide bonds. The van der Waals surface area contributed by atoms with Gasteiger partial charge in [-0.05, 0) is 53.4 Å². The highest BCUT2D eigenvalue weighted by molar-refractivity contribution is 5.93. The van der Waals surface area contributed by atoms with Gasteiger partial charge in [0.05, 0.1) is 90.9 Å². The lowest BCUT2D eigenvalue weighted by Crippen LogP contribution is -2.65. The first-order chi connectivity index (χ1) is 69.3. The van der Waals surface area contributed by atoms with E-state index in [1.807, 2.05) is 0 Å².